The summed E-state index contributed by atoms with van der Waals surface area (Å²) in [7, 11) is 1.88. The predicted molar refractivity (Wildman–Crippen MR) is 137 cm³/mol. The molecule has 1 N–H and O–H groups in total. The average Bonchev–Trinajstić information content (AvgIpc) is 3.09. The molecule has 1 aliphatic rings. The van der Waals surface area contributed by atoms with Crippen LogP contribution in [0.4, 0.5) is 0 Å². The van der Waals surface area contributed by atoms with Gasteiger partial charge >= 0.3 is 10.2 Å². The summed E-state index contributed by atoms with van der Waals surface area (Å²) in [6.07, 6.45) is 21.1. The quantitative estimate of drug-likeness (QED) is 0.196. The van der Waals surface area contributed by atoms with E-state index >= 15 is 0 Å². The summed E-state index contributed by atoms with van der Waals surface area (Å²) in [5.74, 6) is 0.657. The molecule has 1 aliphatic heterocycles. The van der Waals surface area contributed by atoms with Crippen LogP contribution in [0.15, 0.2) is 5.10 Å². The molecule has 0 amide bonds. The molecule has 0 aromatic rings. The van der Waals surface area contributed by atoms with Gasteiger partial charge in [-0.25, -0.2) is 0 Å². The Balaban J connectivity index is 1.95. The normalized spacial score (nSPS) is 14.6. The van der Waals surface area contributed by atoms with E-state index in [4.69, 9.17) is 0 Å². The Bertz CT molecular complexity index is 585. The van der Waals surface area contributed by atoms with Crippen molar-refractivity contribution >= 4 is 16.2 Å². The lowest BCUT2D eigenvalue weighted by Gasteiger charge is -2.19. The lowest BCUT2D eigenvalue weighted by atomic mass is 10.0. The van der Waals surface area contributed by atoms with Gasteiger partial charge in [0, 0.05) is 40.8 Å². The molecule has 0 unspecified atom stereocenters. The summed E-state index contributed by atoms with van der Waals surface area (Å²) >= 11 is 0. The van der Waals surface area contributed by atoms with E-state index in [1.807, 2.05) is 23.9 Å². The molecule has 1 saturated heterocycles. The van der Waals surface area contributed by atoms with Gasteiger partial charge in [0.1, 0.15) is 0 Å². The van der Waals surface area contributed by atoms with Crippen LogP contribution in [0, 0.1) is 0 Å². The van der Waals surface area contributed by atoms with Crippen molar-refractivity contribution in [2.75, 3.05) is 40.8 Å². The number of hydrogen-bond donors (Lipinski definition) is 1. The highest BCUT2D eigenvalue weighted by molar-refractivity contribution is 7.87. The van der Waals surface area contributed by atoms with Gasteiger partial charge in [-0.3, -0.25) is 0 Å². The molecule has 1 rings (SSSR count). The van der Waals surface area contributed by atoms with E-state index in [0.717, 1.165) is 25.9 Å². The number of rotatable bonds is 20. The summed E-state index contributed by atoms with van der Waals surface area (Å²) in [4.78, 5) is 6.25. The second-order valence-electron chi connectivity index (χ2n) is 9.48. The Morgan fingerprint density at radius 3 is 1.53 bits per heavy atom. The van der Waals surface area contributed by atoms with Crippen LogP contribution >= 0.6 is 0 Å². The van der Waals surface area contributed by atoms with Crippen molar-refractivity contribution in [2.45, 2.75) is 110 Å². The molecule has 0 aliphatic carbocycles. The molecule has 0 atom stereocenters. The second-order valence-corrected chi connectivity index (χ2v) is 11.2. The first-order valence-corrected chi connectivity index (χ1v) is 14.6. The van der Waals surface area contributed by atoms with Gasteiger partial charge in [-0.05, 0) is 6.42 Å². The van der Waals surface area contributed by atoms with Crippen LogP contribution in [-0.4, -0.2) is 69.3 Å². The van der Waals surface area contributed by atoms with Crippen molar-refractivity contribution in [1.82, 2.24) is 18.9 Å². The molecule has 0 aromatic carbocycles. The largest absolute Gasteiger partial charge is 0.343 e. The van der Waals surface area contributed by atoms with Gasteiger partial charge in [0.15, 0.2) is 0 Å². The van der Waals surface area contributed by atoms with Gasteiger partial charge < -0.3 is 9.80 Å². The molecular weight excluding hydrogens is 422 g/mol. The van der Waals surface area contributed by atoms with Crippen LogP contribution in [0.2, 0.25) is 0 Å². The van der Waals surface area contributed by atoms with Crippen LogP contribution in [-0.2, 0) is 10.2 Å². The Labute approximate surface area is 199 Å². The first-order valence-electron chi connectivity index (χ1n) is 13.1. The van der Waals surface area contributed by atoms with Crippen LogP contribution in [0.3, 0.4) is 0 Å². The number of nitrogens with one attached hydrogen (secondary N) is 1. The Morgan fingerprint density at radius 1 is 0.750 bits per heavy atom. The summed E-state index contributed by atoms with van der Waals surface area (Å²) in [5.41, 5.74) is 0. The Kier molecular flexibility index (Phi) is 15.8. The Hall–Kier alpha value is -1.02. The molecule has 1 heterocycles. The fourth-order valence-electron chi connectivity index (χ4n) is 4.13. The van der Waals surface area contributed by atoms with Crippen molar-refractivity contribution in [3.05, 3.63) is 0 Å². The SMILES string of the molecule is CCCCCCCCCCCCCCCCCCN(C)S(=O)(=O)NN=C1N(C)CCN1C. The third-order valence-corrected chi connectivity index (χ3v) is 7.78. The molecule has 8 heteroatoms. The van der Waals surface area contributed by atoms with Crippen LogP contribution in [0.25, 0.3) is 0 Å². The zero-order valence-electron chi connectivity index (χ0n) is 21.4. The van der Waals surface area contributed by atoms with Crippen molar-refractivity contribution < 1.29 is 8.42 Å². The molecule has 7 nitrogen and oxygen atoms in total. The lowest BCUT2D eigenvalue weighted by Crippen LogP contribution is -2.39. The predicted octanol–water partition coefficient (Wildman–Crippen LogP) is 5.16. The molecule has 190 valence electrons. The van der Waals surface area contributed by atoms with Gasteiger partial charge in [-0.2, -0.15) is 17.6 Å². The molecule has 0 radical (unpaired) electrons. The highest BCUT2D eigenvalue weighted by atomic mass is 32.2. The standard InChI is InChI=1S/C24H51N5O2S/c1-5-6-7-8-9-10-11-12-13-14-15-16-17-18-19-20-21-29(4)32(30,31)26-25-24-27(2)22-23-28(24)3/h26H,5-23H2,1-4H3. The fraction of sp³-hybridized carbons (Fsp3) is 0.958. The van der Waals surface area contributed by atoms with Crippen LogP contribution in [0.1, 0.15) is 110 Å². The molecular formula is C24H51N5O2S. The van der Waals surface area contributed by atoms with Crippen molar-refractivity contribution in [3.63, 3.8) is 0 Å². The smallest absolute Gasteiger partial charge is 0.316 e. The van der Waals surface area contributed by atoms with Crippen LogP contribution < -0.4 is 4.83 Å². The maximum absolute atomic E-state index is 12.4. The number of hydrogen-bond acceptors (Lipinski definition) is 3. The maximum Gasteiger partial charge on any atom is 0.316 e. The van der Waals surface area contributed by atoms with E-state index in [-0.39, 0.29) is 0 Å². The summed E-state index contributed by atoms with van der Waals surface area (Å²) in [5, 5.41) is 4.09. The van der Waals surface area contributed by atoms with E-state index in [1.165, 1.54) is 94.2 Å². The number of hydrazone groups is 1. The van der Waals surface area contributed by atoms with Gasteiger partial charge in [0.2, 0.25) is 5.96 Å². The van der Waals surface area contributed by atoms with E-state index < -0.39 is 10.2 Å². The number of unbranched alkanes of at least 4 members (excludes halogenated alkanes) is 15. The molecule has 0 saturated carbocycles. The highest BCUT2D eigenvalue weighted by Gasteiger charge is 2.22. The zero-order chi connectivity index (χ0) is 23.7. The topological polar surface area (TPSA) is 68.2 Å². The van der Waals surface area contributed by atoms with E-state index in [0.29, 0.717) is 12.5 Å². The highest BCUT2D eigenvalue weighted by Crippen LogP contribution is 2.14. The van der Waals surface area contributed by atoms with E-state index in [1.54, 1.807) is 7.05 Å². The first-order chi connectivity index (χ1) is 15.4. The minimum absolute atomic E-state index is 0.532. The van der Waals surface area contributed by atoms with Crippen molar-refractivity contribution in [2.24, 2.45) is 5.10 Å². The molecule has 1 fully saturated rings. The molecule has 32 heavy (non-hydrogen) atoms. The van der Waals surface area contributed by atoms with Gasteiger partial charge in [0.25, 0.3) is 0 Å². The third-order valence-electron chi connectivity index (χ3n) is 6.45. The molecule has 0 bridgehead atoms. The fourth-order valence-corrected chi connectivity index (χ4v) is 4.84. The first kappa shape index (κ1) is 29.0. The average molecular weight is 474 g/mol. The van der Waals surface area contributed by atoms with Crippen molar-refractivity contribution in [3.8, 4) is 0 Å². The lowest BCUT2D eigenvalue weighted by molar-refractivity contribution is 0.438. The number of guanidine groups is 1. The van der Waals surface area contributed by atoms with E-state index in [9.17, 15) is 8.42 Å². The Morgan fingerprint density at radius 2 is 1.12 bits per heavy atom. The van der Waals surface area contributed by atoms with E-state index in [2.05, 4.69) is 16.9 Å². The maximum atomic E-state index is 12.4. The number of nitrogens with zero attached hydrogens (tertiary/aromatic N) is 4. The second kappa shape index (κ2) is 17.5. The molecule has 0 spiro atoms. The van der Waals surface area contributed by atoms with Crippen molar-refractivity contribution in [1.29, 1.82) is 0 Å². The minimum Gasteiger partial charge on any atom is -0.343 e. The van der Waals surface area contributed by atoms with Gasteiger partial charge in [-0.15, -0.1) is 5.10 Å². The monoisotopic (exact) mass is 473 g/mol. The zero-order valence-corrected chi connectivity index (χ0v) is 22.3. The summed E-state index contributed by atoms with van der Waals surface area (Å²) in [6.45, 7) is 4.51. The third kappa shape index (κ3) is 12.9. The van der Waals surface area contributed by atoms with Gasteiger partial charge in [-0.1, -0.05) is 103 Å². The summed E-state index contributed by atoms with van der Waals surface area (Å²) < 4.78 is 26.1. The van der Waals surface area contributed by atoms with Gasteiger partial charge in [0.05, 0.1) is 0 Å². The summed E-state index contributed by atoms with van der Waals surface area (Å²) in [6, 6.07) is 0. The van der Waals surface area contributed by atoms with Crippen LogP contribution in [0.5, 0.6) is 0 Å². The molecule has 0 aromatic heterocycles. The number of likely N-dealkylation sites (N-methyl/N-ethyl adjacent to an activating group) is 2. The minimum atomic E-state index is -3.57.